The molecule has 0 radical (unpaired) electrons. The molecule has 0 spiro atoms. The number of nitrogens with two attached hydrogens (primary N) is 1. The summed E-state index contributed by atoms with van der Waals surface area (Å²) in [5, 5.41) is 17.7. The Hall–Kier alpha value is -4.22. The number of anilines is 1. The molecule has 1 atom stereocenters. The van der Waals surface area contributed by atoms with Crippen molar-refractivity contribution in [3.05, 3.63) is 106 Å². The van der Waals surface area contributed by atoms with Crippen LogP contribution in [0.3, 0.4) is 0 Å². The standard InChI is InChI=1S/C35H45N5O5/c1-40(24-27-12-9-13-28(22-27)38-35(36)43)19-21-44-20-8-3-2-7-18-37-23-31(41)29-14-16-32(34-30(29)15-17-33(42)39-34)45-25-26-10-5-4-6-11-26/h4-6,9-17,22,31,37,41H,2-3,7-8,18-21,23-25H2,1H3,(H,39,42)(H3,36,38,43)/t31-/m0/s1. The van der Waals surface area contributed by atoms with Crippen LogP contribution in [0.1, 0.15) is 48.5 Å². The quantitative estimate of drug-likeness (QED) is 0.0942. The summed E-state index contributed by atoms with van der Waals surface area (Å²) < 4.78 is 11.8. The van der Waals surface area contributed by atoms with Gasteiger partial charge >= 0.3 is 6.03 Å². The smallest absolute Gasteiger partial charge is 0.316 e. The highest BCUT2D eigenvalue weighted by atomic mass is 16.5. The van der Waals surface area contributed by atoms with Crippen LogP contribution in [-0.2, 0) is 17.9 Å². The summed E-state index contributed by atoms with van der Waals surface area (Å²) in [6.45, 7) is 4.58. The predicted octanol–water partition coefficient (Wildman–Crippen LogP) is 4.93. The number of aromatic nitrogens is 1. The van der Waals surface area contributed by atoms with E-state index in [9.17, 15) is 14.7 Å². The van der Waals surface area contributed by atoms with Crippen LogP contribution < -0.4 is 26.7 Å². The van der Waals surface area contributed by atoms with Crippen molar-refractivity contribution in [2.45, 2.75) is 44.9 Å². The van der Waals surface area contributed by atoms with Gasteiger partial charge in [-0.1, -0.05) is 61.4 Å². The SMILES string of the molecule is CN(CCOCCCCCCNC[C@H](O)c1ccc(OCc2ccccc2)c2[nH]c(=O)ccc12)Cc1cccc(NC(N)=O)c1. The number of pyridine rings is 1. The molecule has 3 aromatic carbocycles. The van der Waals surface area contributed by atoms with Crippen LogP contribution in [0.15, 0.2) is 83.7 Å². The summed E-state index contributed by atoms with van der Waals surface area (Å²) in [5.74, 6) is 0.577. The Morgan fingerprint density at radius 1 is 0.956 bits per heavy atom. The average Bonchev–Trinajstić information content (AvgIpc) is 3.02. The number of urea groups is 1. The van der Waals surface area contributed by atoms with E-state index < -0.39 is 12.1 Å². The van der Waals surface area contributed by atoms with Crippen LogP contribution >= 0.6 is 0 Å². The molecule has 0 unspecified atom stereocenters. The summed E-state index contributed by atoms with van der Waals surface area (Å²) in [5.41, 5.74) is 9.14. The first kappa shape index (κ1) is 33.7. The number of primary amides is 1. The van der Waals surface area contributed by atoms with Gasteiger partial charge in [-0.2, -0.15) is 0 Å². The summed E-state index contributed by atoms with van der Waals surface area (Å²) in [7, 11) is 2.04. The van der Waals surface area contributed by atoms with E-state index in [1.807, 2.05) is 73.8 Å². The molecule has 2 amide bonds. The molecular weight excluding hydrogens is 570 g/mol. The number of benzene rings is 3. The molecule has 10 nitrogen and oxygen atoms in total. The Kier molecular flexibility index (Phi) is 13.4. The molecule has 0 saturated heterocycles. The van der Waals surface area contributed by atoms with Gasteiger partial charge in [0, 0.05) is 43.4 Å². The molecule has 0 aliphatic carbocycles. The second kappa shape index (κ2) is 17.9. The van der Waals surface area contributed by atoms with Gasteiger partial charge in [-0.3, -0.25) is 9.69 Å². The molecular formula is C35H45N5O5. The van der Waals surface area contributed by atoms with Crippen LogP contribution in [0.5, 0.6) is 5.75 Å². The van der Waals surface area contributed by atoms with Gasteiger partial charge in [0.15, 0.2) is 0 Å². The second-order valence-corrected chi connectivity index (χ2v) is 11.2. The van der Waals surface area contributed by atoms with E-state index >= 15 is 0 Å². The monoisotopic (exact) mass is 615 g/mol. The number of likely N-dealkylation sites (N-methyl/N-ethyl adjacent to an activating group) is 1. The molecule has 4 aromatic rings. The molecule has 6 N–H and O–H groups in total. The number of aliphatic hydroxyl groups excluding tert-OH is 1. The van der Waals surface area contributed by atoms with E-state index in [4.69, 9.17) is 15.2 Å². The molecule has 4 rings (SSSR count). The van der Waals surface area contributed by atoms with Crippen molar-refractivity contribution < 1.29 is 19.4 Å². The van der Waals surface area contributed by atoms with Gasteiger partial charge in [-0.05, 0) is 67.4 Å². The number of H-pyrrole nitrogens is 1. The molecule has 0 aliphatic heterocycles. The van der Waals surface area contributed by atoms with Crippen LogP contribution in [0.25, 0.3) is 10.9 Å². The normalized spacial score (nSPS) is 12.0. The Balaban J connectivity index is 1.09. The van der Waals surface area contributed by atoms with Crippen molar-refractivity contribution in [3.63, 3.8) is 0 Å². The highest BCUT2D eigenvalue weighted by Crippen LogP contribution is 2.30. The number of nitrogens with one attached hydrogen (secondary N) is 3. The number of aromatic amines is 1. The first-order valence-corrected chi connectivity index (χ1v) is 15.5. The fourth-order valence-electron chi connectivity index (χ4n) is 5.15. The molecule has 10 heteroatoms. The predicted molar refractivity (Wildman–Crippen MR) is 178 cm³/mol. The number of nitrogens with zero attached hydrogens (tertiary/aromatic N) is 1. The number of rotatable bonds is 19. The van der Waals surface area contributed by atoms with E-state index in [2.05, 4.69) is 20.5 Å². The number of hydrogen-bond donors (Lipinski definition) is 5. The number of aliphatic hydroxyl groups is 1. The molecule has 45 heavy (non-hydrogen) atoms. The fraction of sp³-hybridized carbons (Fsp3) is 0.371. The fourth-order valence-corrected chi connectivity index (χ4v) is 5.15. The highest BCUT2D eigenvalue weighted by molar-refractivity contribution is 5.88. The molecule has 0 bridgehead atoms. The first-order valence-electron chi connectivity index (χ1n) is 15.5. The number of hydrogen-bond acceptors (Lipinski definition) is 7. The van der Waals surface area contributed by atoms with Gasteiger partial charge in [0.25, 0.3) is 0 Å². The Morgan fingerprint density at radius 2 is 1.76 bits per heavy atom. The van der Waals surface area contributed by atoms with Gasteiger partial charge in [0.05, 0.1) is 18.2 Å². The van der Waals surface area contributed by atoms with Gasteiger partial charge in [-0.25, -0.2) is 4.79 Å². The lowest BCUT2D eigenvalue weighted by Crippen LogP contribution is -2.23. The van der Waals surface area contributed by atoms with Crippen molar-refractivity contribution >= 4 is 22.6 Å². The van der Waals surface area contributed by atoms with Crippen molar-refractivity contribution in [3.8, 4) is 5.75 Å². The first-order chi connectivity index (χ1) is 21.9. The Labute approximate surface area is 264 Å². The molecule has 0 saturated carbocycles. The maximum Gasteiger partial charge on any atom is 0.316 e. The highest BCUT2D eigenvalue weighted by Gasteiger charge is 2.15. The summed E-state index contributed by atoms with van der Waals surface area (Å²) in [4.78, 5) is 28.2. The zero-order valence-corrected chi connectivity index (χ0v) is 26.0. The third-order valence-corrected chi connectivity index (χ3v) is 7.48. The number of unbranched alkanes of at least 4 members (excludes halogenated alkanes) is 3. The number of amides is 2. The molecule has 1 heterocycles. The lowest BCUT2D eigenvalue weighted by atomic mass is 10.0. The minimum Gasteiger partial charge on any atom is -0.487 e. The maximum absolute atomic E-state index is 12.1. The van der Waals surface area contributed by atoms with Crippen LogP contribution in [0, 0.1) is 0 Å². The van der Waals surface area contributed by atoms with Crippen LogP contribution in [0.4, 0.5) is 10.5 Å². The summed E-state index contributed by atoms with van der Waals surface area (Å²) in [6, 6.07) is 23.8. The van der Waals surface area contributed by atoms with Crippen molar-refractivity contribution in [1.29, 1.82) is 0 Å². The maximum atomic E-state index is 12.1. The van der Waals surface area contributed by atoms with Crippen molar-refractivity contribution in [2.24, 2.45) is 5.73 Å². The van der Waals surface area contributed by atoms with Crippen LogP contribution in [0.2, 0.25) is 0 Å². The van der Waals surface area contributed by atoms with Gasteiger partial charge in [-0.15, -0.1) is 0 Å². The minimum absolute atomic E-state index is 0.214. The molecule has 240 valence electrons. The lowest BCUT2D eigenvalue weighted by molar-refractivity contribution is 0.106. The van der Waals surface area contributed by atoms with E-state index in [-0.39, 0.29) is 5.56 Å². The largest absolute Gasteiger partial charge is 0.487 e. The minimum atomic E-state index is -0.719. The van der Waals surface area contributed by atoms with Crippen molar-refractivity contribution in [1.82, 2.24) is 15.2 Å². The van der Waals surface area contributed by atoms with E-state index in [1.54, 1.807) is 6.07 Å². The third kappa shape index (κ3) is 11.3. The van der Waals surface area contributed by atoms with Crippen molar-refractivity contribution in [2.75, 3.05) is 45.2 Å². The number of ether oxygens (including phenoxy) is 2. The molecule has 1 aromatic heterocycles. The van der Waals surface area contributed by atoms with Gasteiger partial charge < -0.3 is 35.9 Å². The van der Waals surface area contributed by atoms with Gasteiger partial charge in [0.2, 0.25) is 5.56 Å². The van der Waals surface area contributed by atoms with Crippen LogP contribution in [-0.4, -0.2) is 60.9 Å². The number of carbonyl (C=O) groups excluding carboxylic acids is 1. The van der Waals surface area contributed by atoms with E-state index in [1.165, 1.54) is 6.07 Å². The topological polar surface area (TPSA) is 142 Å². The van der Waals surface area contributed by atoms with E-state index in [0.29, 0.717) is 36.7 Å². The number of carbonyl (C=O) groups is 1. The summed E-state index contributed by atoms with van der Waals surface area (Å²) in [6.07, 6.45) is 3.47. The number of fused-ring (bicyclic) bond motifs is 1. The third-order valence-electron chi connectivity index (χ3n) is 7.48. The average molecular weight is 616 g/mol. The lowest BCUT2D eigenvalue weighted by Gasteiger charge is -2.17. The second-order valence-electron chi connectivity index (χ2n) is 11.2. The Bertz CT molecular complexity index is 1540. The molecule has 0 fully saturated rings. The Morgan fingerprint density at radius 3 is 2.58 bits per heavy atom. The van der Waals surface area contributed by atoms with Gasteiger partial charge in [0.1, 0.15) is 12.4 Å². The zero-order chi connectivity index (χ0) is 31.9. The zero-order valence-electron chi connectivity index (χ0n) is 26.0. The molecule has 0 aliphatic rings. The summed E-state index contributed by atoms with van der Waals surface area (Å²) >= 11 is 0. The van der Waals surface area contributed by atoms with E-state index in [0.717, 1.165) is 74.0 Å².